The van der Waals surface area contributed by atoms with Gasteiger partial charge in [-0.15, -0.1) is 13.2 Å². The maximum atomic E-state index is 12.7. The second kappa shape index (κ2) is 9.53. The molecule has 0 radical (unpaired) electrons. The van der Waals surface area contributed by atoms with Crippen molar-refractivity contribution in [2.24, 2.45) is 0 Å². The fourth-order valence-corrected chi connectivity index (χ4v) is 3.30. The van der Waals surface area contributed by atoms with E-state index >= 15 is 0 Å². The summed E-state index contributed by atoms with van der Waals surface area (Å²) in [5.74, 6) is -0.105. The molecule has 1 aliphatic rings. The molecule has 1 aromatic carbocycles. The first kappa shape index (κ1) is 19.4. The SMILES string of the molecule is C=CCN(CC=C)C(=O)CC1NCCN(Cc2cccc(Br)c2)C1=O. The fourth-order valence-electron chi connectivity index (χ4n) is 2.86. The molecule has 0 bridgehead atoms. The highest BCUT2D eigenvalue weighted by Crippen LogP contribution is 2.16. The predicted octanol–water partition coefficient (Wildman–Crippen LogP) is 2.34. The van der Waals surface area contributed by atoms with Crippen molar-refractivity contribution in [3.8, 4) is 0 Å². The molecule has 0 spiro atoms. The van der Waals surface area contributed by atoms with E-state index in [-0.39, 0.29) is 18.2 Å². The van der Waals surface area contributed by atoms with Crippen LogP contribution in [0.2, 0.25) is 0 Å². The number of carbonyl (C=O) groups excluding carboxylic acids is 2. The highest BCUT2D eigenvalue weighted by Gasteiger charge is 2.31. The molecular formula is C19H24BrN3O2. The summed E-state index contributed by atoms with van der Waals surface area (Å²) in [4.78, 5) is 28.6. The Balaban J connectivity index is 1.99. The Morgan fingerprint density at radius 2 is 2.08 bits per heavy atom. The molecule has 1 N–H and O–H groups in total. The summed E-state index contributed by atoms with van der Waals surface area (Å²) in [7, 11) is 0. The van der Waals surface area contributed by atoms with E-state index in [1.54, 1.807) is 17.1 Å². The summed E-state index contributed by atoms with van der Waals surface area (Å²) in [6, 6.07) is 7.43. The van der Waals surface area contributed by atoms with Gasteiger partial charge in [-0.25, -0.2) is 0 Å². The smallest absolute Gasteiger partial charge is 0.240 e. The monoisotopic (exact) mass is 405 g/mol. The molecule has 1 unspecified atom stereocenters. The average Bonchev–Trinajstić information content (AvgIpc) is 2.58. The van der Waals surface area contributed by atoms with Crippen LogP contribution in [-0.4, -0.2) is 53.8 Å². The van der Waals surface area contributed by atoms with Crippen molar-refractivity contribution in [3.05, 3.63) is 59.6 Å². The van der Waals surface area contributed by atoms with Gasteiger partial charge in [0.15, 0.2) is 0 Å². The molecule has 1 saturated heterocycles. The number of hydrogen-bond donors (Lipinski definition) is 1. The van der Waals surface area contributed by atoms with Crippen LogP contribution in [0.25, 0.3) is 0 Å². The molecule has 0 saturated carbocycles. The van der Waals surface area contributed by atoms with Gasteiger partial charge >= 0.3 is 0 Å². The number of amides is 2. The first-order valence-corrected chi connectivity index (χ1v) is 9.10. The summed E-state index contributed by atoms with van der Waals surface area (Å²) in [5.41, 5.74) is 1.06. The number of nitrogens with zero attached hydrogens (tertiary/aromatic N) is 2. The lowest BCUT2D eigenvalue weighted by atomic mass is 10.1. The molecule has 0 aliphatic carbocycles. The van der Waals surface area contributed by atoms with Crippen molar-refractivity contribution in [2.45, 2.75) is 19.0 Å². The predicted molar refractivity (Wildman–Crippen MR) is 103 cm³/mol. The molecule has 1 aliphatic heterocycles. The standard InChI is InChI=1S/C19H24BrN3O2/c1-3-9-22(10-4-2)18(24)13-17-19(25)23(11-8-21-17)14-15-6-5-7-16(20)12-15/h3-7,12,17,21H,1-2,8-11,13-14H2. The van der Waals surface area contributed by atoms with Gasteiger partial charge in [0.2, 0.25) is 11.8 Å². The van der Waals surface area contributed by atoms with Crippen LogP contribution in [0.4, 0.5) is 0 Å². The minimum atomic E-state index is -0.481. The van der Waals surface area contributed by atoms with Crippen molar-refractivity contribution < 1.29 is 9.59 Å². The van der Waals surface area contributed by atoms with Crippen molar-refractivity contribution in [1.29, 1.82) is 0 Å². The molecule has 1 heterocycles. The lowest BCUT2D eigenvalue weighted by Crippen LogP contribution is -2.56. The van der Waals surface area contributed by atoms with Gasteiger partial charge < -0.3 is 15.1 Å². The Bertz CT molecular complexity index is 637. The number of piperazine rings is 1. The zero-order valence-corrected chi connectivity index (χ0v) is 15.9. The lowest BCUT2D eigenvalue weighted by molar-refractivity contribution is -0.141. The van der Waals surface area contributed by atoms with Crippen molar-refractivity contribution in [3.63, 3.8) is 0 Å². The number of rotatable bonds is 8. The van der Waals surface area contributed by atoms with Crippen LogP contribution in [0.15, 0.2) is 54.0 Å². The number of nitrogens with one attached hydrogen (secondary N) is 1. The van der Waals surface area contributed by atoms with Gasteiger partial charge in [0, 0.05) is 37.2 Å². The molecule has 1 aromatic rings. The van der Waals surface area contributed by atoms with Crippen LogP contribution in [0.1, 0.15) is 12.0 Å². The van der Waals surface area contributed by atoms with Gasteiger partial charge in [-0.1, -0.05) is 40.2 Å². The molecule has 134 valence electrons. The van der Waals surface area contributed by atoms with E-state index in [0.29, 0.717) is 32.7 Å². The van der Waals surface area contributed by atoms with E-state index in [9.17, 15) is 9.59 Å². The van der Waals surface area contributed by atoms with Crippen LogP contribution in [0.5, 0.6) is 0 Å². The van der Waals surface area contributed by atoms with Crippen LogP contribution in [0, 0.1) is 0 Å². The number of halogens is 1. The molecule has 0 aromatic heterocycles. The third kappa shape index (κ3) is 5.54. The van der Waals surface area contributed by atoms with Gasteiger partial charge in [0.1, 0.15) is 0 Å². The average molecular weight is 406 g/mol. The van der Waals surface area contributed by atoms with E-state index in [0.717, 1.165) is 10.0 Å². The number of benzene rings is 1. The van der Waals surface area contributed by atoms with E-state index < -0.39 is 6.04 Å². The second-order valence-corrected chi connectivity index (χ2v) is 6.89. The first-order valence-electron chi connectivity index (χ1n) is 8.31. The molecule has 2 amide bonds. The summed E-state index contributed by atoms with van der Waals surface area (Å²) >= 11 is 3.45. The minimum absolute atomic E-state index is 0.0308. The molecular weight excluding hydrogens is 382 g/mol. The maximum Gasteiger partial charge on any atom is 0.240 e. The normalized spacial score (nSPS) is 17.2. The quantitative estimate of drug-likeness (QED) is 0.675. The molecule has 25 heavy (non-hydrogen) atoms. The van der Waals surface area contributed by atoms with Crippen LogP contribution in [0.3, 0.4) is 0 Å². The van der Waals surface area contributed by atoms with Crippen LogP contribution >= 0.6 is 15.9 Å². The summed E-state index contributed by atoms with van der Waals surface area (Å²) < 4.78 is 0.990. The molecule has 2 rings (SSSR count). The molecule has 1 fully saturated rings. The zero-order valence-electron chi connectivity index (χ0n) is 14.3. The molecule has 5 nitrogen and oxygen atoms in total. The van der Waals surface area contributed by atoms with Crippen molar-refractivity contribution in [2.75, 3.05) is 26.2 Å². The summed E-state index contributed by atoms with van der Waals surface area (Å²) in [5, 5.41) is 3.17. The third-order valence-electron chi connectivity index (χ3n) is 4.08. The Labute approximate surface area is 157 Å². The maximum absolute atomic E-state index is 12.7. The Kier molecular flexibility index (Phi) is 7.40. The Morgan fingerprint density at radius 1 is 1.36 bits per heavy atom. The van der Waals surface area contributed by atoms with Crippen LogP contribution < -0.4 is 5.32 Å². The summed E-state index contributed by atoms with van der Waals surface area (Å²) in [6.45, 7) is 10.1. The van der Waals surface area contributed by atoms with Crippen molar-refractivity contribution >= 4 is 27.7 Å². The second-order valence-electron chi connectivity index (χ2n) is 5.98. The number of hydrogen-bond acceptors (Lipinski definition) is 3. The highest BCUT2D eigenvalue weighted by molar-refractivity contribution is 9.10. The van der Waals surface area contributed by atoms with E-state index in [2.05, 4.69) is 34.4 Å². The lowest BCUT2D eigenvalue weighted by Gasteiger charge is -2.34. The van der Waals surface area contributed by atoms with Crippen molar-refractivity contribution in [1.82, 2.24) is 15.1 Å². The van der Waals surface area contributed by atoms with Gasteiger partial charge in [-0.3, -0.25) is 9.59 Å². The largest absolute Gasteiger partial charge is 0.336 e. The van der Waals surface area contributed by atoms with Gasteiger partial charge in [0.05, 0.1) is 12.5 Å². The van der Waals surface area contributed by atoms with Crippen LogP contribution in [-0.2, 0) is 16.1 Å². The van der Waals surface area contributed by atoms with E-state index in [1.165, 1.54) is 0 Å². The summed E-state index contributed by atoms with van der Waals surface area (Å²) in [6.07, 6.45) is 3.50. The Hall–Kier alpha value is -1.92. The third-order valence-corrected chi connectivity index (χ3v) is 4.57. The van der Waals surface area contributed by atoms with Gasteiger partial charge in [-0.2, -0.15) is 0 Å². The fraction of sp³-hybridized carbons (Fsp3) is 0.368. The van der Waals surface area contributed by atoms with E-state index in [4.69, 9.17) is 0 Å². The first-order chi connectivity index (χ1) is 12.0. The van der Waals surface area contributed by atoms with Gasteiger partial charge in [-0.05, 0) is 17.7 Å². The Morgan fingerprint density at radius 3 is 2.72 bits per heavy atom. The zero-order chi connectivity index (χ0) is 18.2. The number of carbonyl (C=O) groups is 2. The molecule has 1 atom stereocenters. The van der Waals surface area contributed by atoms with E-state index in [1.807, 2.05) is 29.2 Å². The highest BCUT2D eigenvalue weighted by atomic mass is 79.9. The molecule has 6 heteroatoms. The minimum Gasteiger partial charge on any atom is -0.336 e. The topological polar surface area (TPSA) is 52.7 Å². The van der Waals surface area contributed by atoms with Gasteiger partial charge in [0.25, 0.3) is 0 Å².